The van der Waals surface area contributed by atoms with Crippen molar-refractivity contribution >= 4 is 11.7 Å². The lowest BCUT2D eigenvalue weighted by Gasteiger charge is -2.35. The van der Waals surface area contributed by atoms with Crippen LogP contribution in [0.4, 0.5) is 0 Å². The average Bonchev–Trinajstić information content (AvgIpc) is 2.61. The molecule has 1 aliphatic heterocycles. The number of hydrogen-bond acceptors (Lipinski definition) is 4. The number of carbonyl (C=O) groups excluding carboxylic acids is 2. The van der Waals surface area contributed by atoms with Gasteiger partial charge in [0, 0.05) is 51.5 Å². The molecule has 0 radical (unpaired) electrons. The van der Waals surface area contributed by atoms with Gasteiger partial charge in [-0.15, -0.1) is 0 Å². The van der Waals surface area contributed by atoms with Gasteiger partial charge in [0.05, 0.1) is 0 Å². The van der Waals surface area contributed by atoms with E-state index in [0.717, 1.165) is 65.0 Å². The fraction of sp³-hybridized carbons (Fsp3) is 0.900. The van der Waals surface area contributed by atoms with Gasteiger partial charge in [0.2, 0.25) is 5.91 Å². The summed E-state index contributed by atoms with van der Waals surface area (Å²) in [5.74, 6) is 0.666. The molecule has 146 valence electrons. The zero-order valence-electron chi connectivity index (χ0n) is 16.7. The quantitative estimate of drug-likeness (QED) is 0.517. The second-order valence-electron chi connectivity index (χ2n) is 7.49. The van der Waals surface area contributed by atoms with Crippen molar-refractivity contribution in [2.75, 3.05) is 39.3 Å². The summed E-state index contributed by atoms with van der Waals surface area (Å²) in [6.07, 6.45) is 7.26. The van der Waals surface area contributed by atoms with E-state index >= 15 is 0 Å². The number of hydrogen-bond donors (Lipinski definition) is 1. The number of amides is 1. The fourth-order valence-electron chi connectivity index (χ4n) is 3.20. The number of unbranched alkanes of at least 4 members (excludes halogenated alkanes) is 3. The molecule has 1 saturated heterocycles. The minimum Gasteiger partial charge on any atom is -0.340 e. The van der Waals surface area contributed by atoms with Gasteiger partial charge >= 0.3 is 0 Å². The Balaban J connectivity index is 2.02. The van der Waals surface area contributed by atoms with E-state index in [1.807, 2.05) is 11.8 Å². The zero-order chi connectivity index (χ0) is 18.5. The molecule has 0 bridgehead atoms. The molecule has 0 aromatic rings. The lowest BCUT2D eigenvalue weighted by molar-refractivity contribution is -0.133. The van der Waals surface area contributed by atoms with Crippen molar-refractivity contribution in [2.45, 2.75) is 78.2 Å². The van der Waals surface area contributed by atoms with Crippen LogP contribution in [0, 0.1) is 0 Å². The summed E-state index contributed by atoms with van der Waals surface area (Å²) in [5, 5.41) is 3.45. The third kappa shape index (κ3) is 10.6. The molecule has 0 saturated carbocycles. The third-order valence-corrected chi connectivity index (χ3v) is 4.92. The van der Waals surface area contributed by atoms with Gasteiger partial charge in [0.1, 0.15) is 5.78 Å². The summed E-state index contributed by atoms with van der Waals surface area (Å²) >= 11 is 0. The van der Waals surface area contributed by atoms with Crippen molar-refractivity contribution in [3.05, 3.63) is 0 Å². The van der Waals surface area contributed by atoms with Crippen molar-refractivity contribution in [1.29, 1.82) is 0 Å². The number of piperazine rings is 1. The molecule has 0 aromatic heterocycles. The Kier molecular flexibility index (Phi) is 11.7. The van der Waals surface area contributed by atoms with Gasteiger partial charge in [-0.2, -0.15) is 0 Å². The van der Waals surface area contributed by atoms with Crippen LogP contribution >= 0.6 is 0 Å². The maximum atomic E-state index is 12.3. The molecule has 1 rings (SSSR count). The largest absolute Gasteiger partial charge is 0.340 e. The average molecular weight is 354 g/mol. The highest BCUT2D eigenvalue weighted by atomic mass is 16.2. The van der Waals surface area contributed by atoms with Crippen LogP contribution in [0.5, 0.6) is 0 Å². The fourth-order valence-corrected chi connectivity index (χ4v) is 3.20. The van der Waals surface area contributed by atoms with Crippen molar-refractivity contribution in [3.63, 3.8) is 0 Å². The van der Waals surface area contributed by atoms with Crippen molar-refractivity contribution in [2.24, 2.45) is 0 Å². The standard InChI is InChI=1S/C20H39N3O2/c1-4-19(24)10-7-5-6-8-11-20(25)23-16-14-22(15-17-23)13-9-12-21-18(2)3/h18,21H,4-17H2,1-3H3. The summed E-state index contributed by atoms with van der Waals surface area (Å²) in [6, 6.07) is 0.557. The maximum absolute atomic E-state index is 12.3. The number of ketones is 1. The molecule has 1 aliphatic rings. The van der Waals surface area contributed by atoms with Gasteiger partial charge in [0.15, 0.2) is 0 Å². The Bertz CT molecular complexity index is 377. The van der Waals surface area contributed by atoms with Crippen LogP contribution in [0.1, 0.15) is 72.1 Å². The van der Waals surface area contributed by atoms with E-state index in [1.165, 1.54) is 6.42 Å². The van der Waals surface area contributed by atoms with E-state index < -0.39 is 0 Å². The van der Waals surface area contributed by atoms with Crippen LogP contribution < -0.4 is 5.32 Å². The second-order valence-corrected chi connectivity index (χ2v) is 7.49. The highest BCUT2D eigenvalue weighted by Crippen LogP contribution is 2.10. The van der Waals surface area contributed by atoms with Gasteiger partial charge < -0.3 is 10.2 Å². The van der Waals surface area contributed by atoms with Crippen LogP contribution in [0.25, 0.3) is 0 Å². The topological polar surface area (TPSA) is 52.7 Å². The van der Waals surface area contributed by atoms with Gasteiger partial charge in [-0.05, 0) is 32.4 Å². The van der Waals surface area contributed by atoms with E-state index in [9.17, 15) is 9.59 Å². The first-order chi connectivity index (χ1) is 12.0. The molecule has 0 spiro atoms. The number of nitrogens with one attached hydrogen (secondary N) is 1. The molecular formula is C20H39N3O2. The minimum absolute atomic E-state index is 0.311. The predicted molar refractivity (Wildman–Crippen MR) is 104 cm³/mol. The summed E-state index contributed by atoms with van der Waals surface area (Å²) in [4.78, 5) is 28.0. The zero-order valence-corrected chi connectivity index (χ0v) is 16.7. The van der Waals surface area contributed by atoms with Crippen LogP contribution in [-0.2, 0) is 9.59 Å². The Morgan fingerprint density at radius 2 is 1.56 bits per heavy atom. The van der Waals surface area contributed by atoms with E-state index in [0.29, 0.717) is 37.0 Å². The number of carbonyl (C=O) groups is 2. The Labute approximate surface area is 154 Å². The molecule has 1 N–H and O–H groups in total. The SMILES string of the molecule is CCC(=O)CCCCCCC(=O)N1CCN(CCCNC(C)C)CC1. The van der Waals surface area contributed by atoms with Crippen molar-refractivity contribution in [1.82, 2.24) is 15.1 Å². The lowest BCUT2D eigenvalue weighted by Crippen LogP contribution is -2.49. The summed E-state index contributed by atoms with van der Waals surface area (Å²) in [5.41, 5.74) is 0. The normalized spacial score (nSPS) is 15.8. The van der Waals surface area contributed by atoms with Crippen LogP contribution in [0.2, 0.25) is 0 Å². The molecule has 1 amide bonds. The molecule has 25 heavy (non-hydrogen) atoms. The first kappa shape index (κ1) is 22.1. The van der Waals surface area contributed by atoms with Crippen LogP contribution in [0.3, 0.4) is 0 Å². The Morgan fingerprint density at radius 1 is 0.920 bits per heavy atom. The molecule has 1 heterocycles. The summed E-state index contributed by atoms with van der Waals surface area (Å²) < 4.78 is 0. The van der Waals surface area contributed by atoms with Crippen molar-refractivity contribution in [3.8, 4) is 0 Å². The third-order valence-electron chi connectivity index (χ3n) is 4.92. The van der Waals surface area contributed by atoms with Gasteiger partial charge in [-0.25, -0.2) is 0 Å². The smallest absolute Gasteiger partial charge is 0.222 e. The predicted octanol–water partition coefficient (Wildman–Crippen LogP) is 2.84. The van der Waals surface area contributed by atoms with Crippen LogP contribution in [0.15, 0.2) is 0 Å². The first-order valence-electron chi connectivity index (χ1n) is 10.3. The molecule has 0 aliphatic carbocycles. The Morgan fingerprint density at radius 3 is 2.16 bits per heavy atom. The number of rotatable bonds is 13. The van der Waals surface area contributed by atoms with Crippen molar-refractivity contribution < 1.29 is 9.59 Å². The van der Waals surface area contributed by atoms with Gasteiger partial charge in [0.25, 0.3) is 0 Å². The first-order valence-corrected chi connectivity index (χ1v) is 10.3. The monoisotopic (exact) mass is 353 g/mol. The minimum atomic E-state index is 0.311. The Hall–Kier alpha value is -0.940. The summed E-state index contributed by atoms with van der Waals surface area (Å²) in [7, 11) is 0. The molecular weight excluding hydrogens is 314 g/mol. The van der Waals surface area contributed by atoms with Gasteiger partial charge in [-0.3, -0.25) is 14.5 Å². The van der Waals surface area contributed by atoms with Crippen LogP contribution in [-0.4, -0.2) is 66.8 Å². The highest BCUT2D eigenvalue weighted by molar-refractivity contribution is 5.78. The molecule has 5 heteroatoms. The number of nitrogens with zero attached hydrogens (tertiary/aromatic N) is 2. The van der Waals surface area contributed by atoms with E-state index in [4.69, 9.17) is 0 Å². The van der Waals surface area contributed by atoms with E-state index in [1.54, 1.807) is 0 Å². The molecule has 0 unspecified atom stereocenters. The van der Waals surface area contributed by atoms with Gasteiger partial charge in [-0.1, -0.05) is 33.6 Å². The highest BCUT2D eigenvalue weighted by Gasteiger charge is 2.20. The second kappa shape index (κ2) is 13.3. The molecule has 1 fully saturated rings. The molecule has 0 aromatic carbocycles. The molecule has 5 nitrogen and oxygen atoms in total. The summed E-state index contributed by atoms with van der Waals surface area (Å²) in [6.45, 7) is 12.2. The number of Topliss-reactive ketones (excluding diaryl/α,β-unsaturated/α-hetero) is 1. The lowest BCUT2D eigenvalue weighted by atomic mass is 10.1. The van der Waals surface area contributed by atoms with E-state index in [2.05, 4.69) is 24.1 Å². The molecule has 0 atom stereocenters. The maximum Gasteiger partial charge on any atom is 0.222 e. The van der Waals surface area contributed by atoms with E-state index in [-0.39, 0.29) is 0 Å².